The van der Waals surface area contributed by atoms with Crippen LogP contribution in [0.4, 0.5) is 0 Å². The van der Waals surface area contributed by atoms with Gasteiger partial charge in [0.05, 0.1) is 10.4 Å². The molecule has 0 unspecified atom stereocenters. The largest absolute Gasteiger partial charge is 0.500 e. The SMILES string of the molecule is CO[Si](CCCN([SiH2])CCC[Si](OC)(OC)OC)(OC)OC. The Balaban J connectivity index is 4.03. The molecule has 0 fully saturated rings. The van der Waals surface area contributed by atoms with Gasteiger partial charge >= 0.3 is 17.6 Å². The van der Waals surface area contributed by atoms with E-state index in [9.17, 15) is 0 Å². The molecule has 0 bridgehead atoms. The number of nitrogens with zero attached hydrogens (tertiary/aromatic N) is 1. The highest BCUT2D eigenvalue weighted by atomic mass is 28.4. The molecular formula is C12H32NO6Si3. The normalized spacial score (nSPS) is 13.1. The van der Waals surface area contributed by atoms with E-state index in [1.807, 2.05) is 10.4 Å². The van der Waals surface area contributed by atoms with Crippen LogP contribution in [0.15, 0.2) is 0 Å². The van der Waals surface area contributed by atoms with E-state index in [0.29, 0.717) is 0 Å². The summed E-state index contributed by atoms with van der Waals surface area (Å²) < 4.78 is 34.8. The molecule has 0 amide bonds. The van der Waals surface area contributed by atoms with Crippen LogP contribution in [-0.4, -0.2) is 88.3 Å². The minimum Gasteiger partial charge on any atom is -0.377 e. The van der Waals surface area contributed by atoms with Crippen molar-refractivity contribution in [2.24, 2.45) is 0 Å². The Morgan fingerprint density at radius 1 is 0.636 bits per heavy atom. The Morgan fingerprint density at radius 2 is 0.909 bits per heavy atom. The maximum Gasteiger partial charge on any atom is 0.500 e. The third-order valence-electron chi connectivity index (χ3n) is 3.78. The van der Waals surface area contributed by atoms with Crippen molar-refractivity contribution in [3.63, 3.8) is 0 Å². The quantitative estimate of drug-likeness (QED) is 0.410. The monoisotopic (exact) mass is 370 g/mol. The van der Waals surface area contributed by atoms with Crippen molar-refractivity contribution in [1.82, 2.24) is 4.57 Å². The summed E-state index contributed by atoms with van der Waals surface area (Å²) in [5.74, 6) is 0. The van der Waals surface area contributed by atoms with Gasteiger partial charge < -0.3 is 31.1 Å². The van der Waals surface area contributed by atoms with Gasteiger partial charge in [0.25, 0.3) is 0 Å². The Kier molecular flexibility index (Phi) is 12.0. The summed E-state index contributed by atoms with van der Waals surface area (Å²) in [6, 6.07) is 1.64. The van der Waals surface area contributed by atoms with Gasteiger partial charge in [0.2, 0.25) is 0 Å². The first-order chi connectivity index (χ1) is 10.5. The lowest BCUT2D eigenvalue weighted by Gasteiger charge is -2.27. The molecule has 7 nitrogen and oxygen atoms in total. The molecule has 22 heavy (non-hydrogen) atoms. The van der Waals surface area contributed by atoms with E-state index in [1.54, 1.807) is 42.7 Å². The predicted octanol–water partition coefficient (Wildman–Crippen LogP) is 0.373. The van der Waals surface area contributed by atoms with Crippen LogP contribution < -0.4 is 0 Å². The molecule has 0 aliphatic rings. The van der Waals surface area contributed by atoms with Gasteiger partial charge in [-0.25, -0.2) is 0 Å². The molecule has 0 aliphatic heterocycles. The van der Waals surface area contributed by atoms with E-state index in [0.717, 1.165) is 38.0 Å². The molecule has 0 heterocycles. The van der Waals surface area contributed by atoms with E-state index in [4.69, 9.17) is 26.6 Å². The molecule has 0 spiro atoms. The third kappa shape index (κ3) is 7.29. The second kappa shape index (κ2) is 11.8. The fourth-order valence-electron chi connectivity index (χ4n) is 2.26. The molecule has 0 rings (SSSR count). The molecule has 0 aliphatic carbocycles. The van der Waals surface area contributed by atoms with Gasteiger partial charge in [-0.05, 0) is 25.9 Å². The summed E-state index contributed by atoms with van der Waals surface area (Å²) >= 11 is 0. The molecule has 10 heteroatoms. The van der Waals surface area contributed by atoms with Crippen LogP contribution in [0.2, 0.25) is 12.1 Å². The standard InChI is InChI=1S/C12H32NO6Si3/c1-14-21(15-2,16-3)11-7-9-13(20)10-8-12-22(17-4,18-5)19-6/h7-12,20H2,1-6H3. The summed E-state index contributed by atoms with van der Waals surface area (Å²) in [6.45, 7) is 1.95. The molecule has 0 atom stereocenters. The van der Waals surface area contributed by atoms with E-state index < -0.39 is 17.6 Å². The molecule has 0 saturated carbocycles. The van der Waals surface area contributed by atoms with Crippen LogP contribution in [-0.2, 0) is 26.6 Å². The summed E-state index contributed by atoms with van der Waals surface area (Å²) in [4.78, 5) is 0. The highest BCUT2D eigenvalue weighted by molar-refractivity contribution is 6.60. The zero-order chi connectivity index (χ0) is 17.1. The van der Waals surface area contributed by atoms with E-state index in [1.165, 1.54) is 0 Å². The first kappa shape index (κ1) is 22.4. The van der Waals surface area contributed by atoms with Crippen molar-refractivity contribution in [3.05, 3.63) is 0 Å². The predicted molar refractivity (Wildman–Crippen MR) is 92.5 cm³/mol. The molecule has 0 aromatic rings. The van der Waals surface area contributed by atoms with Gasteiger partial charge in [-0.3, -0.25) is 0 Å². The van der Waals surface area contributed by atoms with Gasteiger partial charge in [-0.15, -0.1) is 0 Å². The van der Waals surface area contributed by atoms with Gasteiger partial charge in [-0.2, -0.15) is 0 Å². The first-order valence-electron chi connectivity index (χ1n) is 7.33. The molecule has 133 valence electrons. The topological polar surface area (TPSA) is 58.6 Å². The number of hydrogen-bond donors (Lipinski definition) is 0. The van der Waals surface area contributed by atoms with Crippen LogP contribution >= 0.6 is 0 Å². The highest BCUT2D eigenvalue weighted by Gasteiger charge is 2.38. The van der Waals surface area contributed by atoms with Crippen molar-refractivity contribution in [3.8, 4) is 0 Å². The summed E-state index contributed by atoms with van der Waals surface area (Å²) in [5, 5.41) is 0. The van der Waals surface area contributed by atoms with Gasteiger partial charge in [0, 0.05) is 54.7 Å². The summed E-state index contributed by atoms with van der Waals surface area (Å²) in [6.07, 6.45) is 1.96. The summed E-state index contributed by atoms with van der Waals surface area (Å²) in [7, 11) is 6.89. The smallest absolute Gasteiger partial charge is 0.377 e. The number of hydrogen-bond acceptors (Lipinski definition) is 7. The lowest BCUT2D eigenvalue weighted by Crippen LogP contribution is -2.44. The maximum atomic E-state index is 5.42. The van der Waals surface area contributed by atoms with Crippen LogP contribution in [0.5, 0.6) is 0 Å². The van der Waals surface area contributed by atoms with Crippen molar-refractivity contribution in [1.29, 1.82) is 0 Å². The summed E-state index contributed by atoms with van der Waals surface area (Å²) in [5.41, 5.74) is 0. The van der Waals surface area contributed by atoms with Gasteiger partial charge in [-0.1, -0.05) is 0 Å². The molecular weight excluding hydrogens is 338 g/mol. The third-order valence-corrected chi connectivity index (χ3v) is 10.1. The Hall–Kier alpha value is 0.371. The highest BCUT2D eigenvalue weighted by Crippen LogP contribution is 2.17. The Labute approximate surface area is 140 Å². The van der Waals surface area contributed by atoms with Gasteiger partial charge in [0.1, 0.15) is 0 Å². The van der Waals surface area contributed by atoms with Crippen LogP contribution in [0.1, 0.15) is 12.8 Å². The van der Waals surface area contributed by atoms with E-state index >= 15 is 0 Å². The minimum absolute atomic E-state index is 0.818. The lowest BCUT2D eigenvalue weighted by atomic mass is 10.4. The Morgan fingerprint density at radius 3 is 1.14 bits per heavy atom. The van der Waals surface area contributed by atoms with Gasteiger partial charge in [0.15, 0.2) is 0 Å². The van der Waals surface area contributed by atoms with E-state index in [2.05, 4.69) is 4.57 Å². The average Bonchev–Trinajstić information content (AvgIpc) is 2.56. The zero-order valence-electron chi connectivity index (χ0n) is 14.8. The zero-order valence-corrected chi connectivity index (χ0v) is 18.3. The van der Waals surface area contributed by atoms with Crippen LogP contribution in [0, 0.1) is 0 Å². The maximum absolute atomic E-state index is 5.42. The van der Waals surface area contributed by atoms with Crippen molar-refractivity contribution in [2.75, 3.05) is 55.7 Å². The van der Waals surface area contributed by atoms with Crippen molar-refractivity contribution < 1.29 is 26.6 Å². The first-order valence-corrected chi connectivity index (χ1v) is 11.8. The molecule has 0 aromatic heterocycles. The second-order valence-electron chi connectivity index (χ2n) is 4.92. The average molecular weight is 371 g/mol. The molecule has 0 N–H and O–H groups in total. The second-order valence-corrected chi connectivity index (χ2v) is 12.0. The number of rotatable bonds is 14. The van der Waals surface area contributed by atoms with Crippen LogP contribution in [0.25, 0.3) is 0 Å². The lowest BCUT2D eigenvalue weighted by molar-refractivity contribution is 0.121. The fraction of sp³-hybridized carbons (Fsp3) is 1.00. The Bertz CT molecular complexity index is 237. The molecule has 0 saturated heterocycles. The molecule has 0 aromatic carbocycles. The van der Waals surface area contributed by atoms with E-state index in [-0.39, 0.29) is 0 Å². The van der Waals surface area contributed by atoms with Crippen molar-refractivity contribution >= 4 is 28.0 Å². The molecule has 1 radical (unpaired) electrons. The minimum atomic E-state index is -2.44. The van der Waals surface area contributed by atoms with Crippen molar-refractivity contribution in [2.45, 2.75) is 24.9 Å². The van der Waals surface area contributed by atoms with Crippen LogP contribution in [0.3, 0.4) is 0 Å². The fourth-order valence-corrected chi connectivity index (χ4v) is 6.12.